The highest BCUT2D eigenvalue weighted by Crippen LogP contribution is 2.37. The number of phenols is 1. The van der Waals surface area contributed by atoms with Crippen LogP contribution in [0.2, 0.25) is 0 Å². The summed E-state index contributed by atoms with van der Waals surface area (Å²) >= 11 is 0. The molecule has 0 fully saturated rings. The summed E-state index contributed by atoms with van der Waals surface area (Å²) in [6.07, 6.45) is 1.84. The van der Waals surface area contributed by atoms with Gasteiger partial charge in [-0.2, -0.15) is 0 Å². The molecule has 12 nitrogen and oxygen atoms in total. The second kappa shape index (κ2) is 14.2. The van der Waals surface area contributed by atoms with Gasteiger partial charge in [0.2, 0.25) is 11.7 Å². The summed E-state index contributed by atoms with van der Waals surface area (Å²) in [5.74, 6) is -1.41. The summed E-state index contributed by atoms with van der Waals surface area (Å²) < 4.78 is 23.4. The third kappa shape index (κ3) is 8.04. The van der Waals surface area contributed by atoms with E-state index in [-0.39, 0.29) is 5.75 Å². The van der Waals surface area contributed by atoms with Crippen molar-refractivity contribution >= 4 is 17.9 Å². The minimum absolute atomic E-state index is 0.0202. The summed E-state index contributed by atoms with van der Waals surface area (Å²) in [6, 6.07) is 11.5. The number of aliphatic carboxylic acids is 2. The maximum Gasteiger partial charge on any atom is 0.414 e. The van der Waals surface area contributed by atoms with E-state index in [1.54, 1.807) is 19.2 Å². The van der Waals surface area contributed by atoms with E-state index in [9.17, 15) is 5.11 Å². The minimum atomic E-state index is -1.82. The first kappa shape index (κ1) is 28.8. The molecule has 1 heterocycles. The summed E-state index contributed by atoms with van der Waals surface area (Å²) in [5.41, 5.74) is 2.90. The van der Waals surface area contributed by atoms with Gasteiger partial charge < -0.3 is 44.2 Å². The maximum absolute atomic E-state index is 10.1. The molecule has 3 aromatic rings. The molecule has 0 saturated carbocycles. The molecule has 0 spiro atoms. The lowest BCUT2D eigenvalue weighted by atomic mass is 10.1. The van der Waals surface area contributed by atoms with Gasteiger partial charge in [-0.3, -0.25) is 0 Å². The molecule has 200 valence electrons. The Balaban J connectivity index is 0.000000717. The van der Waals surface area contributed by atoms with Gasteiger partial charge >= 0.3 is 11.9 Å². The van der Waals surface area contributed by atoms with Crippen molar-refractivity contribution in [3.63, 3.8) is 0 Å². The van der Waals surface area contributed by atoms with E-state index in [1.807, 2.05) is 37.4 Å². The van der Waals surface area contributed by atoms with Crippen LogP contribution in [0.5, 0.6) is 23.0 Å². The van der Waals surface area contributed by atoms with Crippen molar-refractivity contribution in [2.45, 2.75) is 20.0 Å². The lowest BCUT2D eigenvalue weighted by Gasteiger charge is -2.15. The van der Waals surface area contributed by atoms with Crippen molar-refractivity contribution in [3.05, 3.63) is 48.2 Å². The summed E-state index contributed by atoms with van der Waals surface area (Å²) in [6.45, 7) is 4.26. The quantitative estimate of drug-likeness (QED) is 0.277. The number of methoxy groups -OCH3 is 3. The zero-order valence-corrected chi connectivity index (χ0v) is 21.1. The second-order valence-electron chi connectivity index (χ2n) is 7.38. The predicted molar refractivity (Wildman–Crippen MR) is 135 cm³/mol. The molecule has 2 aromatic carbocycles. The van der Waals surface area contributed by atoms with E-state index in [0.717, 1.165) is 22.6 Å². The molecule has 0 aliphatic heterocycles. The minimum Gasteiger partial charge on any atom is -0.502 e. The third-order valence-corrected chi connectivity index (χ3v) is 5.01. The first-order chi connectivity index (χ1) is 17.7. The number of rotatable bonds is 11. The lowest BCUT2D eigenvalue weighted by molar-refractivity contribution is -0.159. The number of anilines is 1. The van der Waals surface area contributed by atoms with Crippen molar-refractivity contribution in [2.24, 2.45) is 0 Å². The highest BCUT2D eigenvalue weighted by atomic mass is 16.5. The predicted octanol–water partition coefficient (Wildman–Crippen LogP) is 3.09. The number of aromatic nitrogens is 2. The number of imidazole rings is 1. The number of benzene rings is 2. The zero-order chi connectivity index (χ0) is 27.4. The normalized spacial score (nSPS) is 10.2. The van der Waals surface area contributed by atoms with E-state index >= 15 is 0 Å². The number of carboxylic acid groups (broad SMARTS) is 2. The second-order valence-corrected chi connectivity index (χ2v) is 7.38. The number of phenolic OH excluding ortho intramolecular Hbond substituents is 1. The number of aromatic hydroxyl groups is 1. The molecule has 12 heteroatoms. The fraction of sp³-hybridized carbons (Fsp3) is 0.320. The Labute approximate surface area is 214 Å². The SMILES string of the molecule is CCOc1ccc(-c2cnc(NCc3cc(OC)c(O)c(OC)c3)n2CCOC)cc1.O=C(O)C(=O)O. The lowest BCUT2D eigenvalue weighted by Crippen LogP contribution is -2.12. The summed E-state index contributed by atoms with van der Waals surface area (Å²) in [5, 5.41) is 28.3. The van der Waals surface area contributed by atoms with Crippen LogP contribution < -0.4 is 19.5 Å². The van der Waals surface area contributed by atoms with E-state index in [1.165, 1.54) is 14.2 Å². The van der Waals surface area contributed by atoms with Gasteiger partial charge in [-0.25, -0.2) is 14.6 Å². The van der Waals surface area contributed by atoms with Crippen LogP contribution in [0, 0.1) is 0 Å². The third-order valence-electron chi connectivity index (χ3n) is 5.01. The zero-order valence-electron chi connectivity index (χ0n) is 21.1. The highest BCUT2D eigenvalue weighted by Gasteiger charge is 2.14. The Morgan fingerprint density at radius 1 is 1.00 bits per heavy atom. The van der Waals surface area contributed by atoms with Crippen LogP contribution in [0.15, 0.2) is 42.6 Å². The number of carbonyl (C=O) groups is 2. The molecule has 37 heavy (non-hydrogen) atoms. The molecule has 1 aromatic heterocycles. The largest absolute Gasteiger partial charge is 0.502 e. The fourth-order valence-electron chi connectivity index (χ4n) is 3.28. The van der Waals surface area contributed by atoms with E-state index in [0.29, 0.717) is 43.8 Å². The van der Waals surface area contributed by atoms with E-state index < -0.39 is 11.9 Å². The van der Waals surface area contributed by atoms with Gasteiger partial charge in [-0.05, 0) is 48.9 Å². The summed E-state index contributed by atoms with van der Waals surface area (Å²) in [4.78, 5) is 22.8. The molecule has 0 unspecified atom stereocenters. The van der Waals surface area contributed by atoms with Gasteiger partial charge in [0.05, 0.1) is 39.3 Å². The number of hydrogen-bond donors (Lipinski definition) is 4. The standard InChI is InChI=1S/C23H29N3O5.C2H2O4/c1-5-31-18-8-6-17(7-9-18)19-15-25-23(26(19)10-11-28-2)24-14-16-12-20(29-3)22(27)21(13-16)30-4;3-1(4)2(5)6/h6-9,12-13,15,27H,5,10-11,14H2,1-4H3,(H,24,25);(H,3,4)(H,5,6). The Kier molecular flexibility index (Phi) is 11.0. The Hall–Kier alpha value is -4.45. The van der Waals surface area contributed by atoms with Gasteiger partial charge in [0, 0.05) is 25.8 Å². The monoisotopic (exact) mass is 517 g/mol. The van der Waals surface area contributed by atoms with Gasteiger partial charge in [0.15, 0.2) is 11.5 Å². The van der Waals surface area contributed by atoms with Gasteiger partial charge in [-0.1, -0.05) is 0 Å². The first-order valence-corrected chi connectivity index (χ1v) is 11.2. The number of carboxylic acids is 2. The number of hydrogen-bond acceptors (Lipinski definition) is 9. The molecule has 3 rings (SSSR count). The van der Waals surface area contributed by atoms with E-state index in [4.69, 9.17) is 38.7 Å². The van der Waals surface area contributed by atoms with Crippen molar-refractivity contribution < 1.29 is 43.9 Å². The molecular formula is C25H31N3O9. The van der Waals surface area contributed by atoms with Crippen LogP contribution in [0.4, 0.5) is 5.95 Å². The molecule has 0 bridgehead atoms. The Morgan fingerprint density at radius 2 is 1.59 bits per heavy atom. The molecular weight excluding hydrogens is 486 g/mol. The van der Waals surface area contributed by atoms with Gasteiger partial charge in [0.25, 0.3) is 0 Å². The molecule has 0 amide bonds. The molecule has 0 saturated heterocycles. The van der Waals surface area contributed by atoms with E-state index in [2.05, 4.69) is 14.9 Å². The van der Waals surface area contributed by atoms with Crippen LogP contribution >= 0.6 is 0 Å². The van der Waals surface area contributed by atoms with Crippen LogP contribution in [0.25, 0.3) is 11.3 Å². The molecule has 4 N–H and O–H groups in total. The number of nitrogens with zero attached hydrogens (tertiary/aromatic N) is 2. The first-order valence-electron chi connectivity index (χ1n) is 11.2. The smallest absolute Gasteiger partial charge is 0.414 e. The average Bonchev–Trinajstić information content (AvgIpc) is 3.30. The van der Waals surface area contributed by atoms with Crippen molar-refractivity contribution in [1.82, 2.24) is 9.55 Å². The average molecular weight is 518 g/mol. The highest BCUT2D eigenvalue weighted by molar-refractivity contribution is 6.27. The van der Waals surface area contributed by atoms with Gasteiger partial charge in [0.1, 0.15) is 5.75 Å². The molecule has 0 aliphatic carbocycles. The number of ether oxygens (including phenoxy) is 4. The Bertz CT molecular complexity index is 1140. The van der Waals surface area contributed by atoms with Gasteiger partial charge in [-0.15, -0.1) is 0 Å². The molecule has 0 atom stereocenters. The summed E-state index contributed by atoms with van der Waals surface area (Å²) in [7, 11) is 4.69. The number of nitrogens with one attached hydrogen (secondary N) is 1. The molecule has 0 aliphatic rings. The maximum atomic E-state index is 10.1. The topological polar surface area (TPSA) is 162 Å². The van der Waals surface area contributed by atoms with Crippen LogP contribution in [-0.4, -0.2) is 71.4 Å². The van der Waals surface area contributed by atoms with Crippen molar-refractivity contribution in [2.75, 3.05) is 39.9 Å². The van der Waals surface area contributed by atoms with Crippen molar-refractivity contribution in [3.8, 4) is 34.3 Å². The Morgan fingerprint density at radius 3 is 2.08 bits per heavy atom. The van der Waals surface area contributed by atoms with Crippen molar-refractivity contribution in [1.29, 1.82) is 0 Å². The molecule has 0 radical (unpaired) electrons. The fourth-order valence-corrected chi connectivity index (χ4v) is 3.28. The van der Waals surface area contributed by atoms with Crippen LogP contribution in [-0.2, 0) is 27.4 Å². The van der Waals surface area contributed by atoms with Crippen LogP contribution in [0.1, 0.15) is 12.5 Å². The van der Waals surface area contributed by atoms with Crippen LogP contribution in [0.3, 0.4) is 0 Å².